The van der Waals surface area contributed by atoms with Gasteiger partial charge in [0.25, 0.3) is 5.69 Å². The topological polar surface area (TPSA) is 55.2 Å². The van der Waals surface area contributed by atoms with Crippen molar-refractivity contribution in [2.75, 3.05) is 11.9 Å². The first-order chi connectivity index (χ1) is 8.65. The van der Waals surface area contributed by atoms with Gasteiger partial charge in [0.2, 0.25) is 0 Å². The average Bonchev–Trinajstić information content (AvgIpc) is 2.37. The highest BCUT2D eigenvalue weighted by Gasteiger charge is 2.14. The monoisotopic (exact) mass is 248 g/mol. The number of nitro groups is 1. The molecule has 0 aliphatic heterocycles. The predicted molar refractivity (Wildman–Crippen MR) is 72.9 cm³/mol. The van der Waals surface area contributed by atoms with Crippen LogP contribution in [0.2, 0.25) is 0 Å². The molecule has 0 heterocycles. The van der Waals surface area contributed by atoms with Gasteiger partial charge in [-0.1, -0.05) is 19.3 Å². The van der Waals surface area contributed by atoms with Crippen LogP contribution in [0.5, 0.6) is 0 Å². The van der Waals surface area contributed by atoms with Crippen LogP contribution in [0.25, 0.3) is 0 Å². The number of hydrogen-bond acceptors (Lipinski definition) is 3. The Morgan fingerprint density at radius 3 is 2.67 bits per heavy atom. The van der Waals surface area contributed by atoms with E-state index in [1.165, 1.54) is 32.1 Å². The molecule has 0 radical (unpaired) electrons. The third-order valence-electron chi connectivity index (χ3n) is 3.59. The second kappa shape index (κ2) is 5.85. The van der Waals surface area contributed by atoms with Crippen molar-refractivity contribution in [3.63, 3.8) is 0 Å². The summed E-state index contributed by atoms with van der Waals surface area (Å²) in [6, 6.07) is 5.19. The minimum absolute atomic E-state index is 0.168. The summed E-state index contributed by atoms with van der Waals surface area (Å²) in [7, 11) is 0. The molecule has 1 aliphatic carbocycles. The van der Waals surface area contributed by atoms with Gasteiger partial charge in [-0.15, -0.1) is 0 Å². The number of non-ortho nitro benzene ring substituents is 1. The summed E-state index contributed by atoms with van der Waals surface area (Å²) in [4.78, 5) is 10.5. The van der Waals surface area contributed by atoms with Gasteiger partial charge >= 0.3 is 0 Å². The van der Waals surface area contributed by atoms with Crippen molar-refractivity contribution in [3.8, 4) is 0 Å². The van der Waals surface area contributed by atoms with Gasteiger partial charge in [-0.05, 0) is 37.3 Å². The fourth-order valence-electron chi connectivity index (χ4n) is 2.62. The normalized spacial score (nSPS) is 16.5. The summed E-state index contributed by atoms with van der Waals surface area (Å²) >= 11 is 0. The maximum absolute atomic E-state index is 10.8. The van der Waals surface area contributed by atoms with Gasteiger partial charge in [-0.25, -0.2) is 0 Å². The standard InChI is InChI=1S/C14H20N2O2/c1-11-7-13(9-14(8-11)16(17)18)15-10-12-5-3-2-4-6-12/h7-9,12,15H,2-6,10H2,1H3. The molecule has 18 heavy (non-hydrogen) atoms. The molecule has 2 rings (SSSR count). The number of nitrogens with one attached hydrogen (secondary N) is 1. The first-order valence-corrected chi connectivity index (χ1v) is 6.65. The van der Waals surface area contributed by atoms with Crippen LogP contribution in [0, 0.1) is 23.0 Å². The summed E-state index contributed by atoms with van der Waals surface area (Å²) in [6.07, 6.45) is 6.55. The van der Waals surface area contributed by atoms with Crippen LogP contribution in [0.3, 0.4) is 0 Å². The highest BCUT2D eigenvalue weighted by Crippen LogP contribution is 2.25. The molecule has 0 unspecified atom stereocenters. The van der Waals surface area contributed by atoms with E-state index in [0.717, 1.165) is 23.7 Å². The molecule has 0 aromatic heterocycles. The van der Waals surface area contributed by atoms with E-state index < -0.39 is 0 Å². The molecule has 1 fully saturated rings. The number of anilines is 1. The Balaban J connectivity index is 1.97. The third kappa shape index (κ3) is 3.45. The van der Waals surface area contributed by atoms with Crippen LogP contribution < -0.4 is 5.32 Å². The Labute approximate surface area is 108 Å². The van der Waals surface area contributed by atoms with Crippen molar-refractivity contribution in [2.24, 2.45) is 5.92 Å². The van der Waals surface area contributed by atoms with Crippen LogP contribution in [-0.4, -0.2) is 11.5 Å². The molecule has 1 N–H and O–H groups in total. The van der Waals surface area contributed by atoms with Crippen molar-refractivity contribution in [1.29, 1.82) is 0 Å². The Morgan fingerprint density at radius 2 is 2.00 bits per heavy atom. The van der Waals surface area contributed by atoms with Crippen molar-refractivity contribution >= 4 is 11.4 Å². The van der Waals surface area contributed by atoms with Gasteiger partial charge in [-0.2, -0.15) is 0 Å². The van der Waals surface area contributed by atoms with Gasteiger partial charge in [0.05, 0.1) is 4.92 Å². The lowest BCUT2D eigenvalue weighted by Crippen LogP contribution is -2.17. The average molecular weight is 248 g/mol. The summed E-state index contributed by atoms with van der Waals surface area (Å²) in [5.41, 5.74) is 1.96. The first kappa shape index (κ1) is 12.9. The van der Waals surface area contributed by atoms with E-state index in [0.29, 0.717) is 0 Å². The smallest absolute Gasteiger partial charge is 0.271 e. The van der Waals surface area contributed by atoms with E-state index in [4.69, 9.17) is 0 Å². The molecule has 0 spiro atoms. The molecule has 0 atom stereocenters. The number of rotatable bonds is 4. The minimum Gasteiger partial charge on any atom is -0.385 e. The van der Waals surface area contributed by atoms with Crippen molar-refractivity contribution in [1.82, 2.24) is 0 Å². The van der Waals surface area contributed by atoms with Gasteiger partial charge in [0.1, 0.15) is 0 Å². The molecular formula is C14H20N2O2. The Morgan fingerprint density at radius 1 is 1.28 bits per heavy atom. The fraction of sp³-hybridized carbons (Fsp3) is 0.571. The zero-order valence-corrected chi connectivity index (χ0v) is 10.8. The molecule has 0 bridgehead atoms. The largest absolute Gasteiger partial charge is 0.385 e. The van der Waals surface area contributed by atoms with Crippen LogP contribution in [0.15, 0.2) is 18.2 Å². The van der Waals surface area contributed by atoms with Crippen molar-refractivity contribution < 1.29 is 4.92 Å². The summed E-state index contributed by atoms with van der Waals surface area (Å²) in [5.74, 6) is 0.721. The second-order valence-electron chi connectivity index (χ2n) is 5.20. The van der Waals surface area contributed by atoms with Crippen LogP contribution in [0.4, 0.5) is 11.4 Å². The maximum Gasteiger partial charge on any atom is 0.271 e. The molecule has 1 aromatic rings. The lowest BCUT2D eigenvalue weighted by molar-refractivity contribution is -0.384. The van der Waals surface area contributed by atoms with E-state index in [-0.39, 0.29) is 10.6 Å². The summed E-state index contributed by atoms with van der Waals surface area (Å²) in [5, 5.41) is 14.1. The highest BCUT2D eigenvalue weighted by molar-refractivity contribution is 5.53. The zero-order chi connectivity index (χ0) is 13.0. The van der Waals surface area contributed by atoms with Gasteiger partial charge in [-0.3, -0.25) is 10.1 Å². The number of nitrogens with zero attached hydrogens (tertiary/aromatic N) is 1. The van der Waals surface area contributed by atoms with E-state index >= 15 is 0 Å². The Kier molecular flexibility index (Phi) is 4.18. The van der Waals surface area contributed by atoms with E-state index in [9.17, 15) is 10.1 Å². The molecule has 1 aromatic carbocycles. The third-order valence-corrected chi connectivity index (χ3v) is 3.59. The summed E-state index contributed by atoms with van der Waals surface area (Å²) in [6.45, 7) is 2.82. The number of aryl methyl sites for hydroxylation is 1. The Bertz CT molecular complexity index is 426. The molecule has 0 amide bonds. The van der Waals surface area contributed by atoms with Crippen molar-refractivity contribution in [2.45, 2.75) is 39.0 Å². The quantitative estimate of drug-likeness (QED) is 0.649. The molecular weight excluding hydrogens is 228 g/mol. The lowest BCUT2D eigenvalue weighted by Gasteiger charge is -2.22. The van der Waals surface area contributed by atoms with E-state index in [2.05, 4.69) is 5.32 Å². The van der Waals surface area contributed by atoms with E-state index in [1.54, 1.807) is 12.1 Å². The SMILES string of the molecule is Cc1cc(NCC2CCCCC2)cc([N+](=O)[O-])c1. The maximum atomic E-state index is 10.8. The zero-order valence-electron chi connectivity index (χ0n) is 10.8. The molecule has 1 saturated carbocycles. The van der Waals surface area contributed by atoms with Crippen LogP contribution in [0.1, 0.15) is 37.7 Å². The number of benzene rings is 1. The predicted octanol–water partition coefficient (Wildman–Crippen LogP) is 3.90. The molecule has 98 valence electrons. The first-order valence-electron chi connectivity index (χ1n) is 6.65. The summed E-state index contributed by atoms with van der Waals surface area (Å²) < 4.78 is 0. The molecule has 1 aliphatic rings. The fourth-order valence-corrected chi connectivity index (χ4v) is 2.62. The molecule has 0 saturated heterocycles. The molecule has 4 nitrogen and oxygen atoms in total. The number of hydrogen-bond donors (Lipinski definition) is 1. The van der Waals surface area contributed by atoms with Crippen molar-refractivity contribution in [3.05, 3.63) is 33.9 Å². The minimum atomic E-state index is -0.335. The molecule has 4 heteroatoms. The van der Waals surface area contributed by atoms with Gasteiger partial charge in [0, 0.05) is 24.4 Å². The van der Waals surface area contributed by atoms with Crippen LogP contribution >= 0.6 is 0 Å². The van der Waals surface area contributed by atoms with E-state index in [1.807, 2.05) is 13.0 Å². The highest BCUT2D eigenvalue weighted by atomic mass is 16.6. The lowest BCUT2D eigenvalue weighted by atomic mass is 9.89. The van der Waals surface area contributed by atoms with Gasteiger partial charge < -0.3 is 5.32 Å². The second-order valence-corrected chi connectivity index (χ2v) is 5.20. The van der Waals surface area contributed by atoms with Gasteiger partial charge in [0.15, 0.2) is 0 Å². The number of nitro benzene ring substituents is 1. The van der Waals surface area contributed by atoms with Crippen LogP contribution in [-0.2, 0) is 0 Å². The Hall–Kier alpha value is -1.58.